The number of nitrogens with one attached hydrogen (secondary N) is 2. The molecule has 0 fully saturated rings. The lowest BCUT2D eigenvalue weighted by atomic mass is 10.7. The van der Waals surface area contributed by atoms with Crippen molar-refractivity contribution in [1.29, 1.82) is 0 Å². The summed E-state index contributed by atoms with van der Waals surface area (Å²) in [4.78, 5) is 0. The largest absolute Gasteiger partial charge is 0.379 e. The molecule has 0 aliphatic rings. The molecule has 0 rings (SSSR count). The molecule has 15 heavy (non-hydrogen) atoms. The van der Waals surface area contributed by atoms with Crippen molar-refractivity contribution < 1.29 is 21.6 Å². The van der Waals surface area contributed by atoms with Crippen molar-refractivity contribution >= 4 is 20.2 Å². The van der Waals surface area contributed by atoms with E-state index in [4.69, 9.17) is 10.5 Å². The minimum atomic E-state index is -4.03. The maximum atomic E-state index is 11.0. The topological polar surface area (TPSA) is 128 Å². The van der Waals surface area contributed by atoms with Crippen LogP contribution < -0.4 is 14.6 Å². The van der Waals surface area contributed by atoms with Crippen LogP contribution in [0.2, 0.25) is 0 Å². The summed E-state index contributed by atoms with van der Waals surface area (Å²) in [5, 5.41) is 0. The Kier molecular flexibility index (Phi) is 6.24. The summed E-state index contributed by atoms with van der Waals surface area (Å²) in [6.45, 7) is 0.766. The van der Waals surface area contributed by atoms with Gasteiger partial charge in [-0.05, 0) is 0 Å². The molecule has 4 N–H and O–H groups in total. The van der Waals surface area contributed by atoms with Crippen LogP contribution in [0.25, 0.3) is 0 Å². The molecule has 0 unspecified atom stereocenters. The molecule has 0 radical (unpaired) electrons. The second kappa shape index (κ2) is 6.35. The fourth-order valence-electron chi connectivity index (χ4n) is 0.662. The molecule has 0 amide bonds. The molecule has 0 saturated carbocycles. The quantitative estimate of drug-likeness (QED) is 0.409. The van der Waals surface area contributed by atoms with Crippen LogP contribution in [-0.2, 0) is 25.0 Å². The third kappa shape index (κ3) is 10.0. The van der Waals surface area contributed by atoms with Crippen LogP contribution in [0.15, 0.2) is 0 Å². The molecule has 0 aliphatic heterocycles. The minimum absolute atomic E-state index is 0.0230. The first-order chi connectivity index (χ1) is 6.77. The Morgan fingerprint density at radius 1 is 1.20 bits per heavy atom. The van der Waals surface area contributed by atoms with Crippen LogP contribution in [0.4, 0.5) is 0 Å². The van der Waals surface area contributed by atoms with E-state index in [2.05, 4.69) is 0 Å². The van der Waals surface area contributed by atoms with Crippen molar-refractivity contribution in [3.8, 4) is 0 Å². The van der Waals surface area contributed by atoms with Gasteiger partial charge in [0.05, 0.1) is 19.5 Å². The highest BCUT2D eigenvalue weighted by Crippen LogP contribution is 1.82. The van der Waals surface area contributed by atoms with Gasteiger partial charge in [0.2, 0.25) is 10.0 Å². The van der Waals surface area contributed by atoms with Crippen LogP contribution in [-0.4, -0.2) is 49.4 Å². The van der Waals surface area contributed by atoms with Crippen LogP contribution in [0.1, 0.15) is 0 Å². The molecule has 0 bridgehead atoms. The third-order valence-corrected chi connectivity index (χ3v) is 3.73. The zero-order valence-electron chi connectivity index (χ0n) is 8.26. The highest BCUT2D eigenvalue weighted by atomic mass is 32.3. The molecule has 0 spiro atoms. The van der Waals surface area contributed by atoms with Crippen LogP contribution in [0.3, 0.4) is 0 Å². The zero-order chi connectivity index (χ0) is 11.9. The van der Waals surface area contributed by atoms with Gasteiger partial charge in [0.1, 0.15) is 0 Å². The number of ether oxygens (including phenoxy) is 1. The monoisotopic (exact) mass is 261 g/mol. The molecule has 10 heteroatoms. The van der Waals surface area contributed by atoms with Gasteiger partial charge in [0, 0.05) is 13.1 Å². The molecular weight excluding hydrogens is 246 g/mol. The number of nitrogens with two attached hydrogens (primary N) is 1. The summed E-state index contributed by atoms with van der Waals surface area (Å²) >= 11 is 0. The average Bonchev–Trinajstić information content (AvgIpc) is 1.99. The SMILES string of the molecule is CS(=O)(=O)NS(=O)(=O)NCCOCCN. The number of hydrogen-bond acceptors (Lipinski definition) is 6. The molecule has 0 atom stereocenters. The molecular formula is C5H15N3O5S2. The van der Waals surface area contributed by atoms with E-state index in [0.717, 1.165) is 6.26 Å². The highest BCUT2D eigenvalue weighted by molar-refractivity contribution is 8.03. The van der Waals surface area contributed by atoms with Gasteiger partial charge in [-0.3, -0.25) is 0 Å². The lowest BCUT2D eigenvalue weighted by molar-refractivity contribution is 0.147. The van der Waals surface area contributed by atoms with Crippen LogP contribution in [0, 0.1) is 0 Å². The molecule has 92 valence electrons. The Hall–Kier alpha value is -0.260. The summed E-state index contributed by atoms with van der Waals surface area (Å²) in [5.74, 6) is 0. The van der Waals surface area contributed by atoms with Crippen molar-refractivity contribution in [2.45, 2.75) is 0 Å². The second-order valence-electron chi connectivity index (χ2n) is 2.65. The van der Waals surface area contributed by atoms with Crippen molar-refractivity contribution in [2.75, 3.05) is 32.6 Å². The Bertz CT molecular complexity index is 362. The number of sulfonamides is 1. The van der Waals surface area contributed by atoms with E-state index in [9.17, 15) is 16.8 Å². The highest BCUT2D eigenvalue weighted by Gasteiger charge is 2.14. The lowest BCUT2D eigenvalue weighted by Crippen LogP contribution is -2.41. The van der Waals surface area contributed by atoms with Crippen LogP contribution in [0.5, 0.6) is 0 Å². The molecule has 0 aromatic rings. The van der Waals surface area contributed by atoms with Crippen molar-refractivity contribution in [3.63, 3.8) is 0 Å². The first kappa shape index (κ1) is 14.7. The summed E-state index contributed by atoms with van der Waals surface area (Å²) in [5.41, 5.74) is 5.12. The van der Waals surface area contributed by atoms with Gasteiger partial charge in [-0.2, -0.15) is 13.1 Å². The Morgan fingerprint density at radius 3 is 2.27 bits per heavy atom. The summed E-state index contributed by atoms with van der Waals surface area (Å²) in [6.07, 6.45) is 0.747. The van der Waals surface area contributed by atoms with Gasteiger partial charge in [-0.25, -0.2) is 8.42 Å². The van der Waals surface area contributed by atoms with Gasteiger partial charge in [0.15, 0.2) is 0 Å². The zero-order valence-corrected chi connectivity index (χ0v) is 9.90. The van der Waals surface area contributed by atoms with Crippen molar-refractivity contribution in [1.82, 2.24) is 8.85 Å². The Morgan fingerprint density at radius 2 is 1.80 bits per heavy atom. The van der Waals surface area contributed by atoms with E-state index in [1.54, 1.807) is 0 Å². The van der Waals surface area contributed by atoms with Gasteiger partial charge in [-0.1, -0.05) is 4.13 Å². The van der Waals surface area contributed by atoms with E-state index in [0.29, 0.717) is 13.2 Å². The smallest absolute Gasteiger partial charge is 0.290 e. The first-order valence-electron chi connectivity index (χ1n) is 4.03. The standard InChI is InChI=1S/C5H15N3O5S2/c1-14(9,10)8-15(11,12)7-3-5-13-4-2-6/h7-8H,2-6H2,1H3. The fraction of sp³-hybridized carbons (Fsp3) is 1.00. The Labute approximate surface area is 89.4 Å². The van der Waals surface area contributed by atoms with E-state index < -0.39 is 20.2 Å². The molecule has 0 heterocycles. The fourth-order valence-corrected chi connectivity index (χ4v) is 2.84. The summed E-state index contributed by atoms with van der Waals surface area (Å²) < 4.78 is 51.5. The number of rotatable bonds is 8. The van der Waals surface area contributed by atoms with E-state index >= 15 is 0 Å². The maximum Gasteiger partial charge on any atom is 0.290 e. The molecule has 8 nitrogen and oxygen atoms in total. The lowest BCUT2D eigenvalue weighted by Gasteiger charge is -2.06. The average molecular weight is 261 g/mol. The third-order valence-electron chi connectivity index (χ3n) is 1.06. The van der Waals surface area contributed by atoms with Crippen molar-refractivity contribution in [3.05, 3.63) is 0 Å². The molecule has 0 aromatic carbocycles. The Balaban J connectivity index is 3.86. The van der Waals surface area contributed by atoms with Gasteiger partial charge in [-0.15, -0.1) is 0 Å². The predicted molar refractivity (Wildman–Crippen MR) is 54.8 cm³/mol. The second-order valence-corrected chi connectivity index (χ2v) is 6.16. The first-order valence-corrected chi connectivity index (χ1v) is 7.40. The van der Waals surface area contributed by atoms with Gasteiger partial charge >= 0.3 is 0 Å². The van der Waals surface area contributed by atoms with E-state index in [1.807, 2.05) is 4.72 Å². The predicted octanol–water partition coefficient (Wildman–Crippen LogP) is -2.65. The van der Waals surface area contributed by atoms with Crippen LogP contribution >= 0.6 is 0 Å². The number of hydrogen-bond donors (Lipinski definition) is 3. The van der Waals surface area contributed by atoms with Crippen molar-refractivity contribution in [2.24, 2.45) is 5.73 Å². The molecule has 0 saturated heterocycles. The minimum Gasteiger partial charge on any atom is -0.379 e. The normalized spacial score (nSPS) is 12.9. The summed E-state index contributed by atoms with van der Waals surface area (Å²) in [7, 11) is -7.82. The molecule has 0 aliphatic carbocycles. The van der Waals surface area contributed by atoms with E-state index in [1.165, 1.54) is 4.13 Å². The maximum absolute atomic E-state index is 11.0. The van der Waals surface area contributed by atoms with E-state index in [-0.39, 0.29) is 13.2 Å². The summed E-state index contributed by atoms with van der Waals surface area (Å²) in [6, 6.07) is 0. The van der Waals surface area contributed by atoms with Gasteiger partial charge in [0.25, 0.3) is 10.2 Å². The van der Waals surface area contributed by atoms with Gasteiger partial charge < -0.3 is 10.5 Å². The molecule has 0 aromatic heterocycles.